The first-order valence-corrected chi connectivity index (χ1v) is 6.49. The summed E-state index contributed by atoms with van der Waals surface area (Å²) in [5, 5.41) is 1.75. The van der Waals surface area contributed by atoms with E-state index < -0.39 is 0 Å². The molecule has 0 aliphatic rings. The molecular weight excluding hydrogens is 251 g/mol. The highest BCUT2D eigenvalue weighted by atomic mass is 35.5. The average Bonchev–Trinajstić information content (AvgIpc) is 2.13. The van der Waals surface area contributed by atoms with Crippen molar-refractivity contribution in [2.75, 3.05) is 11.5 Å². The Kier molecular flexibility index (Phi) is 5.03. The van der Waals surface area contributed by atoms with Crippen molar-refractivity contribution in [1.82, 2.24) is 4.98 Å². The van der Waals surface area contributed by atoms with E-state index in [9.17, 15) is 0 Å². The fourth-order valence-electron chi connectivity index (χ4n) is 0.956. The normalized spacial score (nSPS) is 11.0. The Bertz CT molecular complexity index is 342. The van der Waals surface area contributed by atoms with Crippen LogP contribution in [0.3, 0.4) is 0 Å². The standard InChI is InChI=1S/C10H14Cl2N2S/c1-6(2)3-4-15-10-8(12)5-7(11)9(13)14-10/h5-6H,3-4H2,1-2H3,(H2,13,14). The molecule has 2 N–H and O–H groups in total. The van der Waals surface area contributed by atoms with Crippen LogP contribution in [0.15, 0.2) is 11.1 Å². The second-order valence-corrected chi connectivity index (χ2v) is 5.57. The van der Waals surface area contributed by atoms with Crippen molar-refractivity contribution in [1.29, 1.82) is 0 Å². The number of rotatable bonds is 4. The lowest BCUT2D eigenvalue weighted by atomic mass is 10.2. The number of anilines is 1. The van der Waals surface area contributed by atoms with E-state index >= 15 is 0 Å². The first-order chi connectivity index (χ1) is 7.00. The van der Waals surface area contributed by atoms with Gasteiger partial charge in [0.2, 0.25) is 0 Å². The molecule has 1 rings (SSSR count). The van der Waals surface area contributed by atoms with E-state index in [0.29, 0.717) is 21.8 Å². The van der Waals surface area contributed by atoms with E-state index in [1.54, 1.807) is 17.8 Å². The maximum absolute atomic E-state index is 5.99. The molecule has 0 spiro atoms. The average molecular weight is 265 g/mol. The van der Waals surface area contributed by atoms with Crippen LogP contribution in [0, 0.1) is 5.92 Å². The summed E-state index contributed by atoms with van der Waals surface area (Å²) >= 11 is 13.4. The number of halogens is 2. The van der Waals surface area contributed by atoms with Crippen molar-refractivity contribution >= 4 is 40.8 Å². The molecule has 0 aromatic carbocycles. The summed E-state index contributed by atoms with van der Waals surface area (Å²) in [4.78, 5) is 4.15. The van der Waals surface area contributed by atoms with Crippen LogP contribution in [0.4, 0.5) is 5.82 Å². The van der Waals surface area contributed by atoms with Crippen molar-refractivity contribution in [2.45, 2.75) is 25.3 Å². The summed E-state index contributed by atoms with van der Waals surface area (Å²) < 4.78 is 0. The zero-order valence-electron chi connectivity index (χ0n) is 8.76. The van der Waals surface area contributed by atoms with E-state index in [1.807, 2.05) is 0 Å². The quantitative estimate of drug-likeness (QED) is 0.832. The van der Waals surface area contributed by atoms with Gasteiger partial charge < -0.3 is 5.73 Å². The topological polar surface area (TPSA) is 38.9 Å². The number of aromatic nitrogens is 1. The fourth-order valence-corrected chi connectivity index (χ4v) is 2.62. The van der Waals surface area contributed by atoms with Crippen LogP contribution >= 0.6 is 35.0 Å². The molecule has 0 aliphatic carbocycles. The smallest absolute Gasteiger partial charge is 0.143 e. The van der Waals surface area contributed by atoms with Crippen molar-refractivity contribution in [3.05, 3.63) is 16.1 Å². The Morgan fingerprint density at radius 3 is 2.67 bits per heavy atom. The van der Waals surface area contributed by atoms with Gasteiger partial charge in [-0.3, -0.25) is 0 Å². The Morgan fingerprint density at radius 1 is 1.40 bits per heavy atom. The third kappa shape index (κ3) is 4.09. The van der Waals surface area contributed by atoms with Gasteiger partial charge in [0.05, 0.1) is 10.0 Å². The number of nitrogen functional groups attached to an aromatic ring is 1. The molecule has 84 valence electrons. The summed E-state index contributed by atoms with van der Waals surface area (Å²) in [7, 11) is 0. The third-order valence-corrected chi connectivity index (χ3v) is 3.59. The summed E-state index contributed by atoms with van der Waals surface area (Å²) in [5.74, 6) is 2.01. The Balaban J connectivity index is 2.65. The fraction of sp³-hybridized carbons (Fsp3) is 0.500. The predicted octanol–water partition coefficient (Wildman–Crippen LogP) is 4.11. The van der Waals surface area contributed by atoms with Crippen LogP contribution in [-0.2, 0) is 0 Å². The summed E-state index contributed by atoms with van der Waals surface area (Å²) in [6.45, 7) is 4.37. The van der Waals surface area contributed by atoms with Crippen LogP contribution in [0.1, 0.15) is 20.3 Å². The molecule has 1 aromatic heterocycles. The molecule has 0 radical (unpaired) electrons. The maximum atomic E-state index is 5.99. The molecule has 2 nitrogen and oxygen atoms in total. The number of hydrogen-bond donors (Lipinski definition) is 1. The van der Waals surface area contributed by atoms with Gasteiger partial charge in [-0.05, 0) is 24.2 Å². The number of nitrogens with zero attached hydrogens (tertiary/aromatic N) is 1. The van der Waals surface area contributed by atoms with Gasteiger partial charge >= 0.3 is 0 Å². The third-order valence-electron chi connectivity index (χ3n) is 1.86. The lowest BCUT2D eigenvalue weighted by molar-refractivity contribution is 0.632. The summed E-state index contributed by atoms with van der Waals surface area (Å²) in [5.41, 5.74) is 5.61. The molecule has 0 saturated carbocycles. The van der Waals surface area contributed by atoms with Gasteiger partial charge in [-0.1, -0.05) is 37.0 Å². The second-order valence-electron chi connectivity index (χ2n) is 3.67. The Hall–Kier alpha value is -0.120. The van der Waals surface area contributed by atoms with Gasteiger partial charge in [0.15, 0.2) is 0 Å². The van der Waals surface area contributed by atoms with E-state index in [4.69, 9.17) is 28.9 Å². The summed E-state index contributed by atoms with van der Waals surface area (Å²) in [6, 6.07) is 1.64. The molecule has 0 saturated heterocycles. The first-order valence-electron chi connectivity index (χ1n) is 4.75. The zero-order chi connectivity index (χ0) is 11.4. The number of pyridine rings is 1. The highest BCUT2D eigenvalue weighted by molar-refractivity contribution is 7.99. The largest absolute Gasteiger partial charge is 0.382 e. The van der Waals surface area contributed by atoms with Crippen molar-refractivity contribution < 1.29 is 0 Å². The predicted molar refractivity (Wildman–Crippen MR) is 68.8 cm³/mol. The number of hydrogen-bond acceptors (Lipinski definition) is 3. The lowest BCUT2D eigenvalue weighted by Gasteiger charge is -2.07. The molecule has 15 heavy (non-hydrogen) atoms. The van der Waals surface area contributed by atoms with Crippen LogP contribution in [0.2, 0.25) is 10.0 Å². The SMILES string of the molecule is CC(C)CCSc1nc(N)c(Cl)cc1Cl. The molecule has 0 aliphatic heterocycles. The first kappa shape index (κ1) is 12.9. The number of thioether (sulfide) groups is 1. The van der Waals surface area contributed by atoms with Crippen molar-refractivity contribution in [2.24, 2.45) is 5.92 Å². The van der Waals surface area contributed by atoms with Gasteiger partial charge in [0.25, 0.3) is 0 Å². The van der Waals surface area contributed by atoms with Crippen LogP contribution in [-0.4, -0.2) is 10.7 Å². The molecular formula is C10H14Cl2N2S. The van der Waals surface area contributed by atoms with Gasteiger partial charge in [0.1, 0.15) is 10.8 Å². The van der Waals surface area contributed by atoms with Gasteiger partial charge in [-0.2, -0.15) is 0 Å². The Morgan fingerprint density at radius 2 is 2.07 bits per heavy atom. The van der Waals surface area contributed by atoms with E-state index in [1.165, 1.54) is 0 Å². The van der Waals surface area contributed by atoms with Crippen molar-refractivity contribution in [3.63, 3.8) is 0 Å². The van der Waals surface area contributed by atoms with E-state index in [0.717, 1.165) is 17.2 Å². The second kappa shape index (κ2) is 5.83. The van der Waals surface area contributed by atoms with Gasteiger partial charge in [0, 0.05) is 0 Å². The van der Waals surface area contributed by atoms with E-state index in [2.05, 4.69) is 18.8 Å². The zero-order valence-corrected chi connectivity index (χ0v) is 11.1. The summed E-state index contributed by atoms with van der Waals surface area (Å²) in [6.07, 6.45) is 1.13. The van der Waals surface area contributed by atoms with Crippen LogP contribution < -0.4 is 5.73 Å². The molecule has 0 atom stereocenters. The monoisotopic (exact) mass is 264 g/mol. The lowest BCUT2D eigenvalue weighted by Crippen LogP contribution is -1.95. The molecule has 1 heterocycles. The van der Waals surface area contributed by atoms with Crippen LogP contribution in [0.5, 0.6) is 0 Å². The number of nitrogens with two attached hydrogens (primary N) is 1. The maximum Gasteiger partial charge on any atom is 0.143 e. The molecule has 0 bridgehead atoms. The minimum Gasteiger partial charge on any atom is -0.382 e. The van der Waals surface area contributed by atoms with Crippen molar-refractivity contribution in [3.8, 4) is 0 Å². The highest BCUT2D eigenvalue weighted by Crippen LogP contribution is 2.31. The van der Waals surface area contributed by atoms with Gasteiger partial charge in [-0.15, -0.1) is 11.8 Å². The molecule has 1 aromatic rings. The molecule has 5 heteroatoms. The highest BCUT2D eigenvalue weighted by Gasteiger charge is 2.07. The Labute approximate surface area is 105 Å². The molecule has 0 fully saturated rings. The molecule has 0 unspecified atom stereocenters. The molecule has 0 amide bonds. The minimum absolute atomic E-state index is 0.341. The minimum atomic E-state index is 0.341. The van der Waals surface area contributed by atoms with Crippen LogP contribution in [0.25, 0.3) is 0 Å². The van der Waals surface area contributed by atoms with E-state index in [-0.39, 0.29) is 0 Å². The van der Waals surface area contributed by atoms with Gasteiger partial charge in [-0.25, -0.2) is 4.98 Å².